The number of hydrogen-bond donors (Lipinski definition) is 2. The number of nitrogens with zero attached hydrogens (tertiary/aromatic N) is 1. The van der Waals surface area contributed by atoms with Crippen LogP contribution in [0.25, 0.3) is 10.9 Å². The van der Waals surface area contributed by atoms with E-state index in [-0.39, 0.29) is 32.8 Å². The van der Waals surface area contributed by atoms with E-state index >= 15 is 0 Å². The van der Waals surface area contributed by atoms with Gasteiger partial charge in [-0.2, -0.15) is 5.26 Å². The molecule has 3 rings (SSSR count). The lowest BCUT2D eigenvalue weighted by Crippen LogP contribution is -2.26. The van der Waals surface area contributed by atoms with E-state index in [2.05, 4.69) is 4.98 Å². The summed E-state index contributed by atoms with van der Waals surface area (Å²) >= 11 is 0. The number of aryl methyl sites for hydroxylation is 2. The summed E-state index contributed by atoms with van der Waals surface area (Å²) in [6.07, 6.45) is 0. The smallest absolute Gasteiger partial charge is 0.266 e. The van der Waals surface area contributed by atoms with Crippen molar-refractivity contribution in [3.05, 3.63) is 58.5 Å². The summed E-state index contributed by atoms with van der Waals surface area (Å²) in [6, 6.07) is 9.74. The molecule has 0 saturated heterocycles. The van der Waals surface area contributed by atoms with E-state index in [9.17, 15) is 19.0 Å². The number of aromatic amines is 1. The van der Waals surface area contributed by atoms with Gasteiger partial charge in [0.1, 0.15) is 11.5 Å². The number of benzene rings is 2. The van der Waals surface area contributed by atoms with Crippen molar-refractivity contribution >= 4 is 34.8 Å². The van der Waals surface area contributed by atoms with Gasteiger partial charge < -0.3 is 15.2 Å². The normalized spacial score (nSPS) is 13.3. The zero-order valence-electron chi connectivity index (χ0n) is 15.0. The molecule has 1 atom stereocenters. The van der Waals surface area contributed by atoms with Gasteiger partial charge in [-0.1, -0.05) is 6.07 Å². The van der Waals surface area contributed by atoms with Gasteiger partial charge in [0.15, 0.2) is 0 Å². The summed E-state index contributed by atoms with van der Waals surface area (Å²) in [6.45, 7) is 3.30. The molecule has 1 aromatic heterocycles. The van der Waals surface area contributed by atoms with Gasteiger partial charge in [-0.25, -0.2) is 4.39 Å². The Morgan fingerprint density at radius 2 is 2.00 bits per heavy atom. The number of carbonyl (C=O) groups excluding carboxylic acids is 1. The molecule has 1 heterocycles. The van der Waals surface area contributed by atoms with E-state index in [1.54, 1.807) is 38.1 Å². The predicted molar refractivity (Wildman–Crippen MR) is 101 cm³/mol. The number of H-pyrrole nitrogens is 1. The molecule has 1 amide bonds. The molecule has 6 nitrogen and oxygen atoms in total. The Kier molecular flexibility index (Phi) is 4.64. The van der Waals surface area contributed by atoms with Crippen LogP contribution in [0.15, 0.2) is 30.3 Å². The largest absolute Gasteiger partial charge is 0.364 e. The maximum absolute atomic E-state index is 14.9. The van der Waals surface area contributed by atoms with Crippen molar-refractivity contribution < 1.29 is 18.3 Å². The fraction of sp³-hybridized carbons (Fsp3) is 0.158. The van der Waals surface area contributed by atoms with Crippen molar-refractivity contribution in [1.29, 1.82) is 5.26 Å². The highest BCUT2D eigenvalue weighted by atomic mass is 31.2. The number of nitrogens with one attached hydrogen (secondary N) is 1. The number of nitrogens with two attached hydrogens (primary N) is 1. The Morgan fingerprint density at radius 1 is 1.30 bits per heavy atom. The highest BCUT2D eigenvalue weighted by molar-refractivity contribution is 7.75. The van der Waals surface area contributed by atoms with E-state index in [0.717, 1.165) is 0 Å². The van der Waals surface area contributed by atoms with Gasteiger partial charge in [0.25, 0.3) is 13.3 Å². The highest BCUT2D eigenvalue weighted by Gasteiger charge is 2.37. The Bertz CT molecular complexity index is 1180. The number of primary amides is 1. The van der Waals surface area contributed by atoms with Crippen molar-refractivity contribution in [1.82, 2.24) is 4.98 Å². The zero-order chi connectivity index (χ0) is 19.9. The van der Waals surface area contributed by atoms with Gasteiger partial charge >= 0.3 is 0 Å². The van der Waals surface area contributed by atoms with Crippen molar-refractivity contribution in [2.24, 2.45) is 5.73 Å². The SMILES string of the molecule is COP(=O)(c1cc(C)cc(C#N)c1)c1c(C(N)=O)[nH]c2ccc(C)c(F)c12. The topological polar surface area (TPSA) is 109 Å². The van der Waals surface area contributed by atoms with Gasteiger partial charge in [-0.15, -0.1) is 0 Å². The highest BCUT2D eigenvalue weighted by Crippen LogP contribution is 2.47. The molecule has 0 spiro atoms. The fourth-order valence-electron chi connectivity index (χ4n) is 3.13. The molecule has 0 fully saturated rings. The van der Waals surface area contributed by atoms with Crippen LogP contribution in [0.1, 0.15) is 27.2 Å². The Balaban J connectivity index is 2.48. The second-order valence-electron chi connectivity index (χ2n) is 6.23. The van der Waals surface area contributed by atoms with Crippen LogP contribution in [0.2, 0.25) is 0 Å². The van der Waals surface area contributed by atoms with Crippen LogP contribution >= 0.6 is 7.37 Å². The molecule has 138 valence electrons. The van der Waals surface area contributed by atoms with Crippen LogP contribution in [0.4, 0.5) is 4.39 Å². The van der Waals surface area contributed by atoms with E-state index in [1.807, 2.05) is 6.07 Å². The third kappa shape index (κ3) is 2.93. The lowest BCUT2D eigenvalue weighted by molar-refractivity contribution is 0.0997. The molecule has 0 aliphatic heterocycles. The molecular formula is C19H17FN3O3P. The van der Waals surface area contributed by atoms with Gasteiger partial charge in [-0.3, -0.25) is 9.36 Å². The molecule has 3 N–H and O–H groups in total. The van der Waals surface area contributed by atoms with Crippen LogP contribution in [0, 0.1) is 31.0 Å². The molecule has 0 bridgehead atoms. The zero-order valence-corrected chi connectivity index (χ0v) is 15.9. The summed E-state index contributed by atoms with van der Waals surface area (Å²) in [5.74, 6) is -1.50. The summed E-state index contributed by atoms with van der Waals surface area (Å²) in [5.41, 5.74) is 6.84. The Morgan fingerprint density at radius 3 is 2.59 bits per heavy atom. The number of aromatic nitrogens is 1. The molecule has 2 aromatic carbocycles. The first-order valence-electron chi connectivity index (χ1n) is 8.02. The minimum atomic E-state index is -3.93. The summed E-state index contributed by atoms with van der Waals surface area (Å²) in [7, 11) is -2.72. The molecule has 0 aliphatic rings. The first kappa shape index (κ1) is 18.8. The molecule has 0 aliphatic carbocycles. The lowest BCUT2D eigenvalue weighted by Gasteiger charge is -2.18. The second-order valence-corrected chi connectivity index (χ2v) is 8.67. The number of hydrogen-bond acceptors (Lipinski definition) is 4. The number of halogens is 1. The summed E-state index contributed by atoms with van der Waals surface area (Å²) < 4.78 is 34.3. The first-order chi connectivity index (χ1) is 12.7. The van der Waals surface area contributed by atoms with E-state index in [4.69, 9.17) is 10.3 Å². The fourth-order valence-corrected chi connectivity index (χ4v) is 5.44. The molecule has 27 heavy (non-hydrogen) atoms. The van der Waals surface area contributed by atoms with E-state index < -0.39 is 19.1 Å². The predicted octanol–water partition coefficient (Wildman–Crippen LogP) is 2.77. The quantitative estimate of drug-likeness (QED) is 0.673. The Hall–Kier alpha value is -2.94. The number of nitriles is 1. The Labute approximate surface area is 155 Å². The van der Waals surface area contributed by atoms with Gasteiger partial charge in [0.05, 0.1) is 16.9 Å². The third-order valence-electron chi connectivity index (χ3n) is 4.40. The molecule has 0 radical (unpaired) electrons. The van der Waals surface area contributed by atoms with Crippen LogP contribution in [0.3, 0.4) is 0 Å². The minimum Gasteiger partial charge on any atom is -0.364 e. The van der Waals surface area contributed by atoms with Crippen molar-refractivity contribution in [2.75, 3.05) is 7.11 Å². The molecule has 8 heteroatoms. The van der Waals surface area contributed by atoms with Crippen LogP contribution in [-0.2, 0) is 9.09 Å². The summed E-state index contributed by atoms with van der Waals surface area (Å²) in [4.78, 5) is 14.8. The van der Waals surface area contributed by atoms with Gasteiger partial charge in [0, 0.05) is 23.3 Å². The molecule has 3 aromatic rings. The summed E-state index contributed by atoms with van der Waals surface area (Å²) in [5, 5.41) is 9.29. The number of fused-ring (bicyclic) bond motifs is 1. The average molecular weight is 385 g/mol. The van der Waals surface area contributed by atoms with Crippen molar-refractivity contribution in [2.45, 2.75) is 13.8 Å². The van der Waals surface area contributed by atoms with Gasteiger partial charge in [0.2, 0.25) is 0 Å². The lowest BCUT2D eigenvalue weighted by atomic mass is 10.1. The number of carbonyl (C=O) groups is 1. The monoisotopic (exact) mass is 385 g/mol. The van der Waals surface area contributed by atoms with Gasteiger partial charge in [-0.05, 0) is 49.2 Å². The molecule has 0 saturated carbocycles. The van der Waals surface area contributed by atoms with Crippen molar-refractivity contribution in [3.8, 4) is 6.07 Å². The van der Waals surface area contributed by atoms with E-state index in [1.165, 1.54) is 13.2 Å². The first-order valence-corrected chi connectivity index (χ1v) is 9.64. The standard InChI is InChI=1S/C19H17FN3O3P/c1-10-6-12(9-21)8-13(7-10)27(25,26-3)18-15-14(23-17(18)19(22)24)5-4-11(2)16(15)20/h4-8,23H,1-3H3,(H2,22,24). The average Bonchev–Trinajstić information content (AvgIpc) is 3.04. The van der Waals surface area contributed by atoms with Crippen LogP contribution < -0.4 is 16.3 Å². The second kappa shape index (κ2) is 6.66. The number of rotatable bonds is 4. The van der Waals surface area contributed by atoms with Crippen LogP contribution in [0.5, 0.6) is 0 Å². The maximum Gasteiger partial charge on any atom is 0.266 e. The number of amides is 1. The molecule has 1 unspecified atom stereocenters. The maximum atomic E-state index is 14.9. The minimum absolute atomic E-state index is 0.00556. The molecular weight excluding hydrogens is 368 g/mol. The third-order valence-corrected chi connectivity index (χ3v) is 6.89. The van der Waals surface area contributed by atoms with E-state index in [0.29, 0.717) is 11.1 Å². The van der Waals surface area contributed by atoms with Crippen LogP contribution in [-0.4, -0.2) is 18.0 Å². The van der Waals surface area contributed by atoms with Crippen molar-refractivity contribution in [3.63, 3.8) is 0 Å².